The molecule has 3 atom stereocenters. The first-order chi connectivity index (χ1) is 10.8. The van der Waals surface area contributed by atoms with Crippen LogP contribution < -0.4 is 10.1 Å². The molecule has 1 aromatic rings. The number of methoxy groups -OCH3 is 1. The van der Waals surface area contributed by atoms with Gasteiger partial charge in [-0.3, -0.25) is 0 Å². The highest BCUT2D eigenvalue weighted by molar-refractivity contribution is 8.00. The third kappa shape index (κ3) is 3.62. The molecule has 1 N–H and O–H groups in total. The van der Waals surface area contributed by atoms with E-state index in [1.54, 1.807) is 12.7 Å². The molecule has 2 nitrogen and oxygen atoms in total. The van der Waals surface area contributed by atoms with Crippen molar-refractivity contribution in [2.24, 2.45) is 5.92 Å². The summed E-state index contributed by atoms with van der Waals surface area (Å²) in [4.78, 5) is 0. The first-order valence-electron chi connectivity index (χ1n) is 8.75. The van der Waals surface area contributed by atoms with Gasteiger partial charge in [0.1, 0.15) is 5.75 Å². The summed E-state index contributed by atoms with van der Waals surface area (Å²) in [5.74, 6) is 3.94. The van der Waals surface area contributed by atoms with Crippen LogP contribution in [0.5, 0.6) is 5.75 Å². The van der Waals surface area contributed by atoms with E-state index in [1.807, 2.05) is 0 Å². The van der Waals surface area contributed by atoms with Crippen LogP contribution in [0.4, 0.5) is 0 Å². The normalized spacial score (nSPS) is 25.7. The fraction of sp³-hybridized carbons (Fsp3) is 0.684. The molecule has 0 spiro atoms. The van der Waals surface area contributed by atoms with Gasteiger partial charge in [0.15, 0.2) is 0 Å². The molecule has 1 aliphatic heterocycles. The number of thioether (sulfide) groups is 1. The molecule has 0 saturated carbocycles. The van der Waals surface area contributed by atoms with Gasteiger partial charge >= 0.3 is 0 Å². The van der Waals surface area contributed by atoms with E-state index in [2.05, 4.69) is 42.3 Å². The smallest absolute Gasteiger partial charge is 0.119 e. The highest BCUT2D eigenvalue weighted by atomic mass is 32.2. The van der Waals surface area contributed by atoms with Crippen molar-refractivity contribution in [2.75, 3.05) is 26.5 Å². The Morgan fingerprint density at radius 1 is 1.32 bits per heavy atom. The fourth-order valence-corrected chi connectivity index (χ4v) is 5.68. The third-order valence-electron chi connectivity index (χ3n) is 5.33. The standard InChI is InChI=1S/C19H29NOS/c1-20-13-16(19-7-4-10-22-19)11-14-5-3-6-15-12-17(21-2)8-9-18(14)15/h8-9,12,14,16,19-20H,3-7,10-11,13H2,1-2H3. The van der Waals surface area contributed by atoms with Crippen LogP contribution in [0.1, 0.15) is 49.1 Å². The monoisotopic (exact) mass is 319 g/mol. The van der Waals surface area contributed by atoms with Crippen molar-refractivity contribution >= 4 is 11.8 Å². The fourth-order valence-electron chi connectivity index (χ4n) is 4.23. The second-order valence-corrected chi connectivity index (χ2v) is 8.11. The van der Waals surface area contributed by atoms with Crippen LogP contribution in [0.25, 0.3) is 0 Å². The minimum absolute atomic E-state index is 0.745. The highest BCUT2D eigenvalue weighted by Crippen LogP contribution is 2.41. The number of ether oxygens (including phenoxy) is 1. The summed E-state index contributed by atoms with van der Waals surface area (Å²) in [6, 6.07) is 6.74. The zero-order chi connectivity index (χ0) is 15.4. The van der Waals surface area contributed by atoms with Gasteiger partial charge in [-0.1, -0.05) is 6.07 Å². The summed E-state index contributed by atoms with van der Waals surface area (Å²) in [6.07, 6.45) is 8.08. The van der Waals surface area contributed by atoms with Crippen LogP contribution in [-0.4, -0.2) is 31.7 Å². The van der Waals surface area contributed by atoms with E-state index in [4.69, 9.17) is 4.74 Å². The van der Waals surface area contributed by atoms with E-state index in [9.17, 15) is 0 Å². The summed E-state index contributed by atoms with van der Waals surface area (Å²) in [7, 11) is 3.87. The van der Waals surface area contributed by atoms with E-state index in [1.165, 1.54) is 56.4 Å². The molecular formula is C19H29NOS. The molecule has 0 bridgehead atoms. The Balaban J connectivity index is 1.74. The largest absolute Gasteiger partial charge is 0.497 e. The van der Waals surface area contributed by atoms with Crippen LogP contribution in [0.3, 0.4) is 0 Å². The van der Waals surface area contributed by atoms with Gasteiger partial charge in [-0.2, -0.15) is 11.8 Å². The summed E-state index contributed by atoms with van der Waals surface area (Å²) in [5, 5.41) is 4.31. The Bertz CT molecular complexity index is 484. The number of hydrogen-bond acceptors (Lipinski definition) is 3. The van der Waals surface area contributed by atoms with Crippen LogP contribution in [0.15, 0.2) is 18.2 Å². The lowest BCUT2D eigenvalue weighted by Gasteiger charge is -2.31. The predicted molar refractivity (Wildman–Crippen MR) is 96.2 cm³/mol. The Kier molecular flexibility index (Phi) is 5.70. The first-order valence-corrected chi connectivity index (χ1v) is 9.79. The van der Waals surface area contributed by atoms with Crippen molar-refractivity contribution in [1.82, 2.24) is 5.32 Å². The second-order valence-electron chi connectivity index (χ2n) is 6.76. The lowest BCUT2D eigenvalue weighted by molar-refractivity contribution is 0.375. The zero-order valence-electron chi connectivity index (χ0n) is 13.9. The molecule has 1 fully saturated rings. The maximum Gasteiger partial charge on any atom is 0.119 e. The molecule has 3 rings (SSSR count). The third-order valence-corrected chi connectivity index (χ3v) is 6.91. The van der Waals surface area contributed by atoms with Gasteiger partial charge in [0.25, 0.3) is 0 Å². The van der Waals surface area contributed by atoms with Crippen LogP contribution in [0, 0.1) is 5.92 Å². The summed E-state index contributed by atoms with van der Waals surface area (Å²) < 4.78 is 5.40. The molecule has 3 heteroatoms. The quantitative estimate of drug-likeness (QED) is 0.847. The Morgan fingerprint density at radius 3 is 2.95 bits per heavy atom. The molecule has 122 valence electrons. The average molecular weight is 320 g/mol. The molecule has 1 aliphatic carbocycles. The van der Waals surface area contributed by atoms with Crippen LogP contribution in [0.2, 0.25) is 0 Å². The van der Waals surface area contributed by atoms with Gasteiger partial charge in [0.05, 0.1) is 7.11 Å². The predicted octanol–water partition coefficient (Wildman–Crippen LogP) is 4.24. The number of benzene rings is 1. The minimum atomic E-state index is 0.745. The maximum absolute atomic E-state index is 5.40. The molecule has 0 radical (unpaired) electrons. The van der Waals surface area contributed by atoms with Crippen molar-refractivity contribution in [3.8, 4) is 5.75 Å². The molecule has 2 aliphatic rings. The highest BCUT2D eigenvalue weighted by Gasteiger charge is 2.30. The summed E-state index contributed by atoms with van der Waals surface area (Å²) in [5.41, 5.74) is 3.12. The van der Waals surface area contributed by atoms with Crippen molar-refractivity contribution in [3.63, 3.8) is 0 Å². The Labute approximate surface area is 139 Å². The molecule has 0 aromatic heterocycles. The number of hydrogen-bond donors (Lipinski definition) is 1. The van der Waals surface area contributed by atoms with Gasteiger partial charge in [0.2, 0.25) is 0 Å². The average Bonchev–Trinajstić information content (AvgIpc) is 3.08. The lowest BCUT2D eigenvalue weighted by atomic mass is 9.77. The second kappa shape index (κ2) is 7.74. The van der Waals surface area contributed by atoms with Gasteiger partial charge in [0, 0.05) is 5.25 Å². The molecule has 1 heterocycles. The van der Waals surface area contributed by atoms with E-state index in [-0.39, 0.29) is 0 Å². The molecule has 3 unspecified atom stereocenters. The van der Waals surface area contributed by atoms with Gasteiger partial charge in [-0.05, 0) is 93.0 Å². The first kappa shape index (κ1) is 16.2. The number of aryl methyl sites for hydroxylation is 1. The van der Waals surface area contributed by atoms with E-state index >= 15 is 0 Å². The van der Waals surface area contributed by atoms with Crippen molar-refractivity contribution in [1.29, 1.82) is 0 Å². The van der Waals surface area contributed by atoms with Gasteiger partial charge < -0.3 is 10.1 Å². The topological polar surface area (TPSA) is 21.3 Å². The van der Waals surface area contributed by atoms with Crippen LogP contribution >= 0.6 is 11.8 Å². The summed E-state index contributed by atoms with van der Waals surface area (Å²) >= 11 is 2.21. The van der Waals surface area contributed by atoms with Crippen molar-refractivity contribution in [2.45, 2.75) is 49.7 Å². The number of fused-ring (bicyclic) bond motifs is 1. The lowest BCUT2D eigenvalue weighted by Crippen LogP contribution is -2.29. The Morgan fingerprint density at radius 2 is 2.23 bits per heavy atom. The molecule has 1 saturated heterocycles. The van der Waals surface area contributed by atoms with Crippen LogP contribution in [-0.2, 0) is 6.42 Å². The zero-order valence-corrected chi connectivity index (χ0v) is 14.8. The van der Waals surface area contributed by atoms with E-state index in [0.29, 0.717) is 0 Å². The maximum atomic E-state index is 5.40. The Hall–Kier alpha value is -0.670. The van der Waals surface area contributed by atoms with E-state index in [0.717, 1.165) is 22.8 Å². The molecule has 1 aromatic carbocycles. The number of nitrogens with one attached hydrogen (secondary N) is 1. The van der Waals surface area contributed by atoms with E-state index < -0.39 is 0 Å². The molecule has 22 heavy (non-hydrogen) atoms. The SMILES string of the molecule is CNCC(CC1CCCc2cc(OC)ccc21)C1CCCS1. The van der Waals surface area contributed by atoms with Gasteiger partial charge in [-0.25, -0.2) is 0 Å². The van der Waals surface area contributed by atoms with Crippen molar-refractivity contribution in [3.05, 3.63) is 29.3 Å². The molecular weight excluding hydrogens is 290 g/mol. The summed E-state index contributed by atoms with van der Waals surface area (Å²) in [6.45, 7) is 1.17. The van der Waals surface area contributed by atoms with Crippen molar-refractivity contribution < 1.29 is 4.74 Å². The number of rotatable bonds is 6. The molecule has 0 amide bonds. The minimum Gasteiger partial charge on any atom is -0.497 e. The van der Waals surface area contributed by atoms with Gasteiger partial charge in [-0.15, -0.1) is 0 Å².